The van der Waals surface area contributed by atoms with Gasteiger partial charge in [0.05, 0.1) is 19.0 Å². The van der Waals surface area contributed by atoms with E-state index in [4.69, 9.17) is 9.15 Å². The molecule has 3 rings (SSSR count). The van der Waals surface area contributed by atoms with Gasteiger partial charge in [0, 0.05) is 24.6 Å². The molecule has 1 N–H and O–H groups in total. The van der Waals surface area contributed by atoms with E-state index < -0.39 is 0 Å². The van der Waals surface area contributed by atoms with Gasteiger partial charge in [-0.15, -0.1) is 0 Å². The van der Waals surface area contributed by atoms with Crippen LogP contribution in [0.3, 0.4) is 0 Å². The van der Waals surface area contributed by atoms with Gasteiger partial charge in [-0.1, -0.05) is 12.8 Å². The average molecular weight is 249 g/mol. The number of furan rings is 1. The Bertz CT molecular complexity index is 368. The first-order chi connectivity index (χ1) is 8.93. The lowest BCUT2D eigenvalue weighted by Crippen LogP contribution is -2.28. The molecule has 0 radical (unpaired) electrons. The highest BCUT2D eigenvalue weighted by Gasteiger charge is 2.22. The van der Waals surface area contributed by atoms with Crippen LogP contribution in [0, 0.1) is 0 Å². The summed E-state index contributed by atoms with van der Waals surface area (Å²) in [4.78, 5) is 0. The second-order valence-corrected chi connectivity index (χ2v) is 5.48. The maximum Gasteiger partial charge on any atom is 0.108 e. The van der Waals surface area contributed by atoms with Gasteiger partial charge in [0.25, 0.3) is 0 Å². The first-order valence-electron chi connectivity index (χ1n) is 7.35. The Balaban J connectivity index is 1.41. The molecule has 0 amide bonds. The zero-order chi connectivity index (χ0) is 12.2. The lowest BCUT2D eigenvalue weighted by atomic mass is 9.93. The Labute approximate surface area is 109 Å². The number of hydrogen-bond acceptors (Lipinski definition) is 3. The zero-order valence-electron chi connectivity index (χ0n) is 11.0. The molecule has 100 valence electrons. The molecular weight excluding hydrogens is 226 g/mol. The van der Waals surface area contributed by atoms with E-state index in [0.29, 0.717) is 12.1 Å². The van der Waals surface area contributed by atoms with Crippen LogP contribution >= 0.6 is 0 Å². The fourth-order valence-corrected chi connectivity index (χ4v) is 3.21. The molecule has 18 heavy (non-hydrogen) atoms. The molecule has 0 spiro atoms. The number of hydrogen-bond donors (Lipinski definition) is 1. The van der Waals surface area contributed by atoms with Gasteiger partial charge >= 0.3 is 0 Å². The maximum atomic E-state index is 5.88. The summed E-state index contributed by atoms with van der Waals surface area (Å²) in [5.74, 6) is 1.18. The summed E-state index contributed by atoms with van der Waals surface area (Å²) in [6, 6.07) is 2.59. The van der Waals surface area contributed by atoms with E-state index in [9.17, 15) is 0 Å². The molecule has 3 heteroatoms. The monoisotopic (exact) mass is 249 g/mol. The van der Waals surface area contributed by atoms with Gasteiger partial charge in [-0.2, -0.15) is 0 Å². The van der Waals surface area contributed by atoms with Gasteiger partial charge < -0.3 is 14.5 Å². The highest BCUT2D eigenvalue weighted by atomic mass is 16.5. The van der Waals surface area contributed by atoms with Crippen molar-refractivity contribution in [2.75, 3.05) is 13.2 Å². The van der Waals surface area contributed by atoms with E-state index in [-0.39, 0.29) is 0 Å². The normalized spacial score (nSPS) is 24.3. The summed E-state index contributed by atoms with van der Waals surface area (Å²) in [6.07, 6.45) is 11.1. The fourth-order valence-electron chi connectivity index (χ4n) is 3.21. The number of rotatable bonds is 5. The van der Waals surface area contributed by atoms with E-state index in [2.05, 4.69) is 11.4 Å². The predicted octanol–water partition coefficient (Wildman–Crippen LogP) is 3.21. The van der Waals surface area contributed by atoms with Crippen molar-refractivity contribution in [3.63, 3.8) is 0 Å². The Morgan fingerprint density at radius 2 is 2.11 bits per heavy atom. The van der Waals surface area contributed by atoms with Crippen LogP contribution in [0.2, 0.25) is 0 Å². The van der Waals surface area contributed by atoms with E-state index in [1.54, 1.807) is 0 Å². The van der Waals surface area contributed by atoms with Crippen molar-refractivity contribution in [1.29, 1.82) is 0 Å². The standard InChI is InChI=1S/C15H23NO2/c1-2-5-12(4-1)17-11-9-16-14-6-3-7-15-13(14)8-10-18-15/h8,10,12,14,16H,1-7,9,11H2. The van der Waals surface area contributed by atoms with Gasteiger partial charge in [0.2, 0.25) is 0 Å². The summed E-state index contributed by atoms with van der Waals surface area (Å²) < 4.78 is 11.4. The number of nitrogens with one attached hydrogen (secondary N) is 1. The predicted molar refractivity (Wildman–Crippen MR) is 70.6 cm³/mol. The van der Waals surface area contributed by atoms with Crippen LogP contribution in [0.25, 0.3) is 0 Å². The van der Waals surface area contributed by atoms with E-state index in [0.717, 1.165) is 19.6 Å². The van der Waals surface area contributed by atoms with Crippen molar-refractivity contribution in [2.24, 2.45) is 0 Å². The third kappa shape index (κ3) is 2.78. The Morgan fingerprint density at radius 1 is 1.22 bits per heavy atom. The van der Waals surface area contributed by atoms with Gasteiger partial charge in [-0.25, -0.2) is 0 Å². The van der Waals surface area contributed by atoms with Crippen LogP contribution in [0.5, 0.6) is 0 Å². The minimum Gasteiger partial charge on any atom is -0.469 e. The molecule has 0 aromatic carbocycles. The Hall–Kier alpha value is -0.800. The lowest BCUT2D eigenvalue weighted by Gasteiger charge is -2.23. The number of fused-ring (bicyclic) bond motifs is 1. The Kier molecular flexibility index (Phi) is 4.01. The van der Waals surface area contributed by atoms with Crippen molar-refractivity contribution < 1.29 is 9.15 Å². The summed E-state index contributed by atoms with van der Waals surface area (Å²) in [6.45, 7) is 1.79. The van der Waals surface area contributed by atoms with Crippen LogP contribution < -0.4 is 5.32 Å². The fraction of sp³-hybridized carbons (Fsp3) is 0.733. The van der Waals surface area contributed by atoms with Crippen molar-refractivity contribution in [2.45, 2.75) is 57.1 Å². The molecule has 1 aromatic heterocycles. The minimum atomic E-state index is 0.472. The molecule has 0 aliphatic heterocycles. The third-order valence-corrected chi connectivity index (χ3v) is 4.20. The van der Waals surface area contributed by atoms with E-state index >= 15 is 0 Å². The molecule has 2 aliphatic carbocycles. The minimum absolute atomic E-state index is 0.472. The van der Waals surface area contributed by atoms with Crippen LogP contribution in [0.4, 0.5) is 0 Å². The SMILES string of the molecule is c1cc2c(o1)CCCC2NCCOC1CCCC1. The van der Waals surface area contributed by atoms with Crippen LogP contribution in [-0.2, 0) is 11.2 Å². The van der Waals surface area contributed by atoms with Gasteiger partial charge in [-0.05, 0) is 31.7 Å². The zero-order valence-corrected chi connectivity index (χ0v) is 11.0. The maximum absolute atomic E-state index is 5.88. The molecule has 1 saturated carbocycles. The summed E-state index contributed by atoms with van der Waals surface area (Å²) in [5.41, 5.74) is 1.36. The third-order valence-electron chi connectivity index (χ3n) is 4.20. The Morgan fingerprint density at radius 3 is 3.00 bits per heavy atom. The van der Waals surface area contributed by atoms with Crippen LogP contribution in [0.15, 0.2) is 16.7 Å². The summed E-state index contributed by atoms with van der Waals surface area (Å²) in [5, 5.41) is 3.60. The quantitative estimate of drug-likeness (QED) is 0.814. The molecule has 1 aromatic rings. The van der Waals surface area contributed by atoms with Crippen molar-refractivity contribution in [1.82, 2.24) is 5.32 Å². The molecule has 2 aliphatic rings. The van der Waals surface area contributed by atoms with Crippen LogP contribution in [0.1, 0.15) is 55.9 Å². The molecule has 1 atom stereocenters. The smallest absolute Gasteiger partial charge is 0.108 e. The highest BCUT2D eigenvalue weighted by Crippen LogP contribution is 2.30. The van der Waals surface area contributed by atoms with Crippen molar-refractivity contribution in [3.05, 3.63) is 23.7 Å². The molecule has 1 fully saturated rings. The first kappa shape index (κ1) is 12.2. The van der Waals surface area contributed by atoms with Crippen molar-refractivity contribution in [3.8, 4) is 0 Å². The van der Waals surface area contributed by atoms with Crippen LogP contribution in [-0.4, -0.2) is 19.3 Å². The molecule has 0 saturated heterocycles. The second kappa shape index (κ2) is 5.89. The first-order valence-corrected chi connectivity index (χ1v) is 7.35. The molecule has 3 nitrogen and oxygen atoms in total. The van der Waals surface area contributed by atoms with E-state index in [1.807, 2.05) is 6.26 Å². The van der Waals surface area contributed by atoms with Crippen molar-refractivity contribution >= 4 is 0 Å². The topological polar surface area (TPSA) is 34.4 Å². The molecule has 1 unspecified atom stereocenters. The molecular formula is C15H23NO2. The van der Waals surface area contributed by atoms with Gasteiger partial charge in [0.15, 0.2) is 0 Å². The second-order valence-electron chi connectivity index (χ2n) is 5.48. The summed E-state index contributed by atoms with van der Waals surface area (Å²) in [7, 11) is 0. The lowest BCUT2D eigenvalue weighted by molar-refractivity contribution is 0.0588. The number of ether oxygens (including phenoxy) is 1. The molecule has 1 heterocycles. The van der Waals surface area contributed by atoms with E-state index in [1.165, 1.54) is 49.8 Å². The average Bonchev–Trinajstić information content (AvgIpc) is 3.05. The van der Waals surface area contributed by atoms with Gasteiger partial charge in [0.1, 0.15) is 5.76 Å². The molecule has 0 bridgehead atoms. The number of aryl methyl sites for hydroxylation is 1. The highest BCUT2D eigenvalue weighted by molar-refractivity contribution is 5.23. The summed E-state index contributed by atoms with van der Waals surface area (Å²) >= 11 is 0. The van der Waals surface area contributed by atoms with Gasteiger partial charge in [-0.3, -0.25) is 0 Å². The largest absolute Gasteiger partial charge is 0.469 e.